The van der Waals surface area contributed by atoms with Crippen LogP contribution in [0.5, 0.6) is 0 Å². The van der Waals surface area contributed by atoms with Crippen molar-refractivity contribution in [2.45, 2.75) is 33.2 Å². The van der Waals surface area contributed by atoms with Crippen LogP contribution in [0.1, 0.15) is 27.2 Å². The molecule has 1 aromatic carbocycles. The van der Waals surface area contributed by atoms with Crippen molar-refractivity contribution in [3.8, 4) is 0 Å². The molecule has 132 valence electrons. The average molecular weight is 333 g/mol. The van der Waals surface area contributed by atoms with Crippen molar-refractivity contribution in [1.82, 2.24) is 4.90 Å². The summed E-state index contributed by atoms with van der Waals surface area (Å²) in [6.45, 7) is 8.97. The smallest absolute Gasteiger partial charge is 0.328 e. The molecule has 1 heterocycles. The van der Waals surface area contributed by atoms with Gasteiger partial charge in [-0.2, -0.15) is 0 Å². The Hall–Kier alpha value is -2.24. The normalized spacial score (nSPS) is 15.8. The van der Waals surface area contributed by atoms with Crippen LogP contribution in [0.2, 0.25) is 0 Å². The lowest BCUT2D eigenvalue weighted by molar-refractivity contribution is -0.144. The topological polar surface area (TPSA) is 61.9 Å². The molecule has 0 radical (unpaired) electrons. The number of hydrogen-bond donors (Lipinski definition) is 1. The van der Waals surface area contributed by atoms with Gasteiger partial charge >= 0.3 is 5.97 Å². The summed E-state index contributed by atoms with van der Waals surface area (Å²) >= 11 is 0. The number of carbonyl (C=O) groups excluding carboxylic acids is 2. The number of nitrogens with one attached hydrogen (secondary N) is 1. The molecule has 24 heavy (non-hydrogen) atoms. The molecule has 1 saturated heterocycles. The molecule has 0 spiro atoms. The number of nitrogens with zero attached hydrogens (tertiary/aromatic N) is 2. The first-order valence-corrected chi connectivity index (χ1v) is 8.58. The van der Waals surface area contributed by atoms with E-state index in [2.05, 4.69) is 10.2 Å². The van der Waals surface area contributed by atoms with Crippen molar-refractivity contribution in [2.75, 3.05) is 43.0 Å². The van der Waals surface area contributed by atoms with Gasteiger partial charge in [-0.05, 0) is 37.6 Å². The maximum atomic E-state index is 11.9. The van der Waals surface area contributed by atoms with Crippen molar-refractivity contribution >= 4 is 23.3 Å². The lowest BCUT2D eigenvalue weighted by Crippen LogP contribution is -2.48. The fourth-order valence-electron chi connectivity index (χ4n) is 2.82. The van der Waals surface area contributed by atoms with Gasteiger partial charge in [0.15, 0.2) is 0 Å². The lowest BCUT2D eigenvalue weighted by Gasteiger charge is -2.35. The zero-order valence-corrected chi connectivity index (χ0v) is 14.7. The zero-order valence-electron chi connectivity index (χ0n) is 14.7. The maximum Gasteiger partial charge on any atom is 0.328 e. The quantitative estimate of drug-likeness (QED) is 0.808. The van der Waals surface area contributed by atoms with Gasteiger partial charge in [0.25, 0.3) is 0 Å². The van der Waals surface area contributed by atoms with E-state index in [4.69, 9.17) is 4.74 Å². The molecule has 0 aliphatic carbocycles. The van der Waals surface area contributed by atoms with Crippen molar-refractivity contribution < 1.29 is 14.3 Å². The Labute approximate surface area is 143 Å². The first kappa shape index (κ1) is 18.1. The average Bonchev–Trinajstić information content (AvgIpc) is 2.60. The van der Waals surface area contributed by atoms with Gasteiger partial charge in [0.2, 0.25) is 5.91 Å². The van der Waals surface area contributed by atoms with Crippen LogP contribution in [0.15, 0.2) is 24.3 Å². The van der Waals surface area contributed by atoms with Gasteiger partial charge in [-0.3, -0.25) is 4.79 Å². The first-order valence-electron chi connectivity index (χ1n) is 8.58. The highest BCUT2D eigenvalue weighted by Crippen LogP contribution is 2.20. The highest BCUT2D eigenvalue weighted by atomic mass is 16.5. The Morgan fingerprint density at radius 1 is 1.12 bits per heavy atom. The third-order valence-electron chi connectivity index (χ3n) is 4.28. The van der Waals surface area contributed by atoms with Crippen LogP contribution in [0, 0.1) is 0 Å². The largest absolute Gasteiger partial charge is 0.464 e. The second kappa shape index (κ2) is 8.57. The second-order valence-electron chi connectivity index (χ2n) is 5.90. The predicted octanol–water partition coefficient (Wildman–Crippen LogP) is 2.11. The Balaban J connectivity index is 1.93. The van der Waals surface area contributed by atoms with E-state index in [-0.39, 0.29) is 17.9 Å². The summed E-state index contributed by atoms with van der Waals surface area (Å²) < 4.78 is 5.07. The molecule has 0 saturated carbocycles. The molecule has 1 aromatic rings. The number of anilines is 2. The summed E-state index contributed by atoms with van der Waals surface area (Å²) in [6.07, 6.45) is 0.674. The summed E-state index contributed by atoms with van der Waals surface area (Å²) in [6, 6.07) is 7.73. The number of amides is 1. The van der Waals surface area contributed by atoms with Crippen LogP contribution in [-0.2, 0) is 14.3 Å². The molecule has 1 N–H and O–H groups in total. The Morgan fingerprint density at radius 2 is 1.75 bits per heavy atom. The molecule has 0 aromatic heterocycles. The van der Waals surface area contributed by atoms with E-state index < -0.39 is 0 Å². The van der Waals surface area contributed by atoms with Gasteiger partial charge in [-0.15, -0.1) is 0 Å². The fourth-order valence-corrected chi connectivity index (χ4v) is 2.82. The van der Waals surface area contributed by atoms with Crippen LogP contribution in [0.3, 0.4) is 0 Å². The van der Waals surface area contributed by atoms with Gasteiger partial charge in [0.1, 0.15) is 6.04 Å². The molecule has 1 amide bonds. The number of benzene rings is 1. The van der Waals surface area contributed by atoms with Gasteiger partial charge in [-0.25, -0.2) is 4.79 Å². The number of ether oxygens (including phenoxy) is 1. The van der Waals surface area contributed by atoms with E-state index in [1.165, 1.54) is 0 Å². The summed E-state index contributed by atoms with van der Waals surface area (Å²) in [5, 5.41) is 3.22. The first-order chi connectivity index (χ1) is 11.5. The molecule has 2 rings (SSSR count). The standard InChI is InChI=1S/C18H27N3O3/c1-4-17(18(23)24-5-2)19-15-6-8-16(9-7-15)21-12-10-20(11-13-21)14(3)22/h6-9,17,19H,4-5,10-13H2,1-3H3. The van der Waals surface area contributed by atoms with Gasteiger partial charge < -0.3 is 19.9 Å². The minimum atomic E-state index is -0.324. The minimum Gasteiger partial charge on any atom is -0.464 e. The van der Waals surface area contributed by atoms with Crippen molar-refractivity contribution in [2.24, 2.45) is 0 Å². The Kier molecular flexibility index (Phi) is 6.46. The number of rotatable bonds is 6. The predicted molar refractivity (Wildman–Crippen MR) is 95.2 cm³/mol. The van der Waals surface area contributed by atoms with Crippen LogP contribution >= 0.6 is 0 Å². The van der Waals surface area contributed by atoms with E-state index >= 15 is 0 Å². The molecule has 0 bridgehead atoms. The zero-order chi connectivity index (χ0) is 17.5. The Bertz CT molecular complexity index is 551. The number of piperazine rings is 1. The minimum absolute atomic E-state index is 0.138. The van der Waals surface area contributed by atoms with E-state index in [0.717, 1.165) is 37.6 Å². The maximum absolute atomic E-state index is 11.9. The monoisotopic (exact) mass is 333 g/mol. The van der Waals surface area contributed by atoms with Gasteiger partial charge in [0, 0.05) is 44.5 Å². The number of carbonyl (C=O) groups is 2. The molecule has 1 unspecified atom stereocenters. The van der Waals surface area contributed by atoms with Gasteiger partial charge in [-0.1, -0.05) is 6.92 Å². The Morgan fingerprint density at radius 3 is 2.25 bits per heavy atom. The highest BCUT2D eigenvalue weighted by molar-refractivity contribution is 5.79. The van der Waals surface area contributed by atoms with Crippen LogP contribution in [0.25, 0.3) is 0 Å². The van der Waals surface area contributed by atoms with Crippen molar-refractivity contribution in [3.05, 3.63) is 24.3 Å². The number of hydrogen-bond acceptors (Lipinski definition) is 5. The molecule has 6 nitrogen and oxygen atoms in total. The highest BCUT2D eigenvalue weighted by Gasteiger charge is 2.19. The molecular weight excluding hydrogens is 306 g/mol. The summed E-state index contributed by atoms with van der Waals surface area (Å²) in [7, 11) is 0. The van der Waals surface area contributed by atoms with E-state index in [9.17, 15) is 9.59 Å². The molecule has 6 heteroatoms. The molecule has 1 fully saturated rings. The molecule has 1 aliphatic rings. The van der Waals surface area contributed by atoms with E-state index in [0.29, 0.717) is 13.0 Å². The van der Waals surface area contributed by atoms with E-state index in [1.807, 2.05) is 43.0 Å². The van der Waals surface area contributed by atoms with Gasteiger partial charge in [0.05, 0.1) is 6.61 Å². The summed E-state index contributed by atoms with van der Waals surface area (Å²) in [5.41, 5.74) is 2.04. The summed E-state index contributed by atoms with van der Waals surface area (Å²) in [5.74, 6) is -0.0804. The van der Waals surface area contributed by atoms with Crippen LogP contribution in [0.4, 0.5) is 11.4 Å². The SMILES string of the molecule is CCOC(=O)C(CC)Nc1ccc(N2CCN(C(C)=O)CC2)cc1. The summed E-state index contributed by atoms with van der Waals surface area (Å²) in [4.78, 5) is 27.4. The van der Waals surface area contributed by atoms with Crippen molar-refractivity contribution in [1.29, 1.82) is 0 Å². The third-order valence-corrected chi connectivity index (χ3v) is 4.28. The number of esters is 1. The van der Waals surface area contributed by atoms with Crippen LogP contribution in [-0.4, -0.2) is 55.6 Å². The van der Waals surface area contributed by atoms with Crippen molar-refractivity contribution in [3.63, 3.8) is 0 Å². The molecule has 1 atom stereocenters. The third kappa shape index (κ3) is 4.63. The van der Waals surface area contributed by atoms with Crippen LogP contribution < -0.4 is 10.2 Å². The lowest BCUT2D eigenvalue weighted by atomic mass is 10.2. The molecular formula is C18H27N3O3. The molecule has 1 aliphatic heterocycles. The second-order valence-corrected chi connectivity index (χ2v) is 5.90. The fraction of sp³-hybridized carbons (Fsp3) is 0.556. The van der Waals surface area contributed by atoms with E-state index in [1.54, 1.807) is 6.92 Å².